The molecule has 0 radical (unpaired) electrons. The predicted octanol–water partition coefficient (Wildman–Crippen LogP) is 3.56. The van der Waals surface area contributed by atoms with Crippen LogP contribution in [0.2, 0.25) is 0 Å². The molecule has 1 aromatic carbocycles. The highest BCUT2D eigenvalue weighted by molar-refractivity contribution is 7.12. The van der Waals surface area contributed by atoms with E-state index in [0.29, 0.717) is 0 Å². The molecule has 2 aromatic rings. The summed E-state index contributed by atoms with van der Waals surface area (Å²) in [5.41, 5.74) is 1.26. The first-order valence-corrected chi connectivity index (χ1v) is 8.04. The number of thiophene rings is 1. The SMILES string of the molecule is CCc1ccc(C(C)NC(CO)Cc2ccccc2)s1. The van der Waals surface area contributed by atoms with Crippen molar-refractivity contribution in [3.05, 3.63) is 57.8 Å². The van der Waals surface area contributed by atoms with Crippen molar-refractivity contribution in [1.29, 1.82) is 0 Å². The zero-order valence-corrected chi connectivity index (χ0v) is 13.0. The van der Waals surface area contributed by atoms with Crippen molar-refractivity contribution in [3.8, 4) is 0 Å². The second kappa shape index (κ2) is 7.58. The molecule has 1 aromatic heterocycles. The Bertz CT molecular complexity index is 509. The van der Waals surface area contributed by atoms with E-state index in [1.807, 2.05) is 29.5 Å². The predicted molar refractivity (Wildman–Crippen MR) is 86.3 cm³/mol. The average molecular weight is 289 g/mol. The molecule has 0 aliphatic heterocycles. The van der Waals surface area contributed by atoms with Gasteiger partial charge in [0.2, 0.25) is 0 Å². The van der Waals surface area contributed by atoms with E-state index in [2.05, 4.69) is 43.4 Å². The normalized spacial score (nSPS) is 14.2. The molecule has 2 unspecified atom stereocenters. The fourth-order valence-electron chi connectivity index (χ4n) is 2.33. The number of benzene rings is 1. The molecule has 0 amide bonds. The van der Waals surface area contributed by atoms with Crippen LogP contribution in [-0.4, -0.2) is 17.8 Å². The van der Waals surface area contributed by atoms with Crippen LogP contribution in [0, 0.1) is 0 Å². The summed E-state index contributed by atoms with van der Waals surface area (Å²) in [6, 6.07) is 15.1. The lowest BCUT2D eigenvalue weighted by atomic mass is 10.1. The van der Waals surface area contributed by atoms with Gasteiger partial charge in [0, 0.05) is 21.8 Å². The molecular weight excluding hydrogens is 266 g/mol. The second-order valence-electron chi connectivity index (χ2n) is 5.12. The first kappa shape index (κ1) is 15.2. The molecular formula is C17H23NOS. The Morgan fingerprint density at radius 1 is 1.15 bits per heavy atom. The molecule has 108 valence electrons. The van der Waals surface area contributed by atoms with Crippen LogP contribution in [0.5, 0.6) is 0 Å². The Balaban J connectivity index is 1.95. The van der Waals surface area contributed by atoms with Gasteiger partial charge in [-0.1, -0.05) is 37.3 Å². The van der Waals surface area contributed by atoms with Gasteiger partial charge < -0.3 is 10.4 Å². The smallest absolute Gasteiger partial charge is 0.0588 e. The number of rotatable bonds is 7. The molecule has 0 fully saturated rings. The van der Waals surface area contributed by atoms with Gasteiger partial charge >= 0.3 is 0 Å². The molecule has 0 saturated heterocycles. The minimum Gasteiger partial charge on any atom is -0.395 e. The van der Waals surface area contributed by atoms with Gasteiger partial charge in [-0.15, -0.1) is 11.3 Å². The van der Waals surface area contributed by atoms with Gasteiger partial charge in [-0.3, -0.25) is 0 Å². The van der Waals surface area contributed by atoms with Crippen molar-refractivity contribution in [2.24, 2.45) is 0 Å². The van der Waals surface area contributed by atoms with Crippen molar-refractivity contribution in [2.45, 2.75) is 38.8 Å². The topological polar surface area (TPSA) is 32.3 Å². The van der Waals surface area contributed by atoms with E-state index in [4.69, 9.17) is 0 Å². The monoisotopic (exact) mass is 289 g/mol. The van der Waals surface area contributed by atoms with Crippen molar-refractivity contribution in [3.63, 3.8) is 0 Å². The van der Waals surface area contributed by atoms with E-state index in [-0.39, 0.29) is 18.7 Å². The third-order valence-electron chi connectivity index (χ3n) is 3.49. The maximum atomic E-state index is 9.58. The number of hydrogen-bond donors (Lipinski definition) is 2. The third-order valence-corrected chi connectivity index (χ3v) is 4.90. The molecule has 0 aliphatic carbocycles. The van der Waals surface area contributed by atoms with Crippen molar-refractivity contribution in [1.82, 2.24) is 5.32 Å². The fourth-order valence-corrected chi connectivity index (χ4v) is 3.29. The van der Waals surface area contributed by atoms with Crippen LogP contribution in [0.1, 0.15) is 35.2 Å². The van der Waals surface area contributed by atoms with E-state index in [1.54, 1.807) is 0 Å². The Labute approximate surface area is 125 Å². The molecule has 2 nitrogen and oxygen atoms in total. The van der Waals surface area contributed by atoms with Crippen LogP contribution in [0.3, 0.4) is 0 Å². The van der Waals surface area contributed by atoms with Crippen molar-refractivity contribution >= 4 is 11.3 Å². The molecule has 0 aliphatic rings. The van der Waals surface area contributed by atoms with Gasteiger partial charge in [0.15, 0.2) is 0 Å². The Hall–Kier alpha value is -1.16. The highest BCUT2D eigenvalue weighted by atomic mass is 32.1. The van der Waals surface area contributed by atoms with Gasteiger partial charge in [0.25, 0.3) is 0 Å². The Kier molecular flexibility index (Phi) is 5.77. The summed E-state index contributed by atoms with van der Waals surface area (Å²) in [5, 5.41) is 13.1. The van der Waals surface area contributed by atoms with Gasteiger partial charge in [-0.2, -0.15) is 0 Å². The molecule has 2 rings (SSSR count). The molecule has 20 heavy (non-hydrogen) atoms. The van der Waals surface area contributed by atoms with E-state index in [0.717, 1.165) is 12.8 Å². The zero-order valence-electron chi connectivity index (χ0n) is 12.2. The lowest BCUT2D eigenvalue weighted by molar-refractivity contribution is 0.233. The number of hydrogen-bond acceptors (Lipinski definition) is 3. The van der Waals surface area contributed by atoms with Gasteiger partial charge in [-0.25, -0.2) is 0 Å². The summed E-state index contributed by atoms with van der Waals surface area (Å²) in [7, 11) is 0. The van der Waals surface area contributed by atoms with Crippen molar-refractivity contribution < 1.29 is 5.11 Å². The number of aliphatic hydroxyl groups excluding tert-OH is 1. The summed E-state index contributed by atoms with van der Waals surface area (Å²) in [6.45, 7) is 4.50. The maximum absolute atomic E-state index is 9.58. The van der Waals surface area contributed by atoms with Crippen LogP contribution < -0.4 is 5.32 Å². The van der Waals surface area contributed by atoms with Crippen LogP contribution in [-0.2, 0) is 12.8 Å². The molecule has 2 atom stereocenters. The summed E-state index contributed by atoms with van der Waals surface area (Å²) >= 11 is 1.86. The third kappa shape index (κ3) is 4.17. The highest BCUT2D eigenvalue weighted by Gasteiger charge is 2.14. The molecule has 2 N–H and O–H groups in total. The van der Waals surface area contributed by atoms with Gasteiger partial charge in [0.1, 0.15) is 0 Å². The van der Waals surface area contributed by atoms with Gasteiger partial charge in [0.05, 0.1) is 6.61 Å². The highest BCUT2D eigenvalue weighted by Crippen LogP contribution is 2.24. The lowest BCUT2D eigenvalue weighted by Crippen LogP contribution is -2.36. The van der Waals surface area contributed by atoms with Gasteiger partial charge in [-0.05, 0) is 37.5 Å². The summed E-state index contributed by atoms with van der Waals surface area (Å²) in [6.07, 6.45) is 1.94. The minimum atomic E-state index is 0.0968. The molecule has 0 bridgehead atoms. The Morgan fingerprint density at radius 2 is 1.90 bits per heavy atom. The van der Waals surface area contributed by atoms with E-state index in [1.165, 1.54) is 15.3 Å². The Morgan fingerprint density at radius 3 is 2.50 bits per heavy atom. The summed E-state index contributed by atoms with van der Waals surface area (Å²) in [5.74, 6) is 0. The number of aryl methyl sites for hydroxylation is 1. The average Bonchev–Trinajstić information content (AvgIpc) is 2.96. The maximum Gasteiger partial charge on any atom is 0.0588 e. The van der Waals surface area contributed by atoms with Crippen LogP contribution in [0.15, 0.2) is 42.5 Å². The number of nitrogens with one attached hydrogen (secondary N) is 1. The van der Waals surface area contributed by atoms with E-state index < -0.39 is 0 Å². The first-order chi connectivity index (χ1) is 9.72. The largest absolute Gasteiger partial charge is 0.395 e. The van der Waals surface area contributed by atoms with Crippen LogP contribution >= 0.6 is 11.3 Å². The van der Waals surface area contributed by atoms with Crippen LogP contribution in [0.4, 0.5) is 0 Å². The molecule has 0 saturated carbocycles. The molecule has 0 spiro atoms. The number of aliphatic hydroxyl groups is 1. The lowest BCUT2D eigenvalue weighted by Gasteiger charge is -2.21. The standard InChI is InChI=1S/C17H23NOS/c1-3-16-9-10-17(20-16)13(2)18-15(12-19)11-14-7-5-4-6-8-14/h4-10,13,15,18-19H,3,11-12H2,1-2H3. The van der Waals surface area contributed by atoms with E-state index in [9.17, 15) is 5.11 Å². The fraction of sp³-hybridized carbons (Fsp3) is 0.412. The zero-order chi connectivity index (χ0) is 14.4. The summed E-state index contributed by atoms with van der Waals surface area (Å²) in [4.78, 5) is 2.76. The minimum absolute atomic E-state index is 0.0968. The molecule has 3 heteroatoms. The van der Waals surface area contributed by atoms with Crippen molar-refractivity contribution in [2.75, 3.05) is 6.61 Å². The first-order valence-electron chi connectivity index (χ1n) is 7.22. The second-order valence-corrected chi connectivity index (χ2v) is 6.32. The summed E-state index contributed by atoms with van der Waals surface area (Å²) < 4.78 is 0. The van der Waals surface area contributed by atoms with Crippen LogP contribution in [0.25, 0.3) is 0 Å². The quantitative estimate of drug-likeness (QED) is 0.817. The molecule has 1 heterocycles. The van der Waals surface area contributed by atoms with E-state index >= 15 is 0 Å².